The zero-order valence-corrected chi connectivity index (χ0v) is 13.9. The molecule has 0 aliphatic heterocycles. The number of amides is 1. The molecular weight excluding hydrogens is 354 g/mol. The van der Waals surface area contributed by atoms with Gasteiger partial charge in [0, 0.05) is 23.5 Å². The van der Waals surface area contributed by atoms with Gasteiger partial charge in [-0.3, -0.25) is 4.79 Å². The molecule has 0 saturated carbocycles. The van der Waals surface area contributed by atoms with Gasteiger partial charge >= 0.3 is 0 Å². The minimum Gasteiger partial charge on any atom is -0.508 e. The van der Waals surface area contributed by atoms with Gasteiger partial charge in [-0.25, -0.2) is 0 Å². The van der Waals surface area contributed by atoms with E-state index in [1.807, 2.05) is 6.92 Å². The molecule has 1 heterocycles. The van der Waals surface area contributed by atoms with Crippen LogP contribution in [0.1, 0.15) is 23.5 Å². The maximum absolute atomic E-state index is 12.4. The highest BCUT2D eigenvalue weighted by Gasteiger charge is 2.24. The summed E-state index contributed by atoms with van der Waals surface area (Å²) in [5, 5.41) is 20.0. The molecule has 4 nitrogen and oxygen atoms in total. The molecule has 2 rings (SSSR count). The highest BCUT2D eigenvalue weighted by Crippen LogP contribution is 2.29. The van der Waals surface area contributed by atoms with E-state index in [9.17, 15) is 15.0 Å². The molecule has 1 unspecified atom stereocenters. The van der Waals surface area contributed by atoms with Gasteiger partial charge in [0.05, 0.1) is 3.79 Å². The molecule has 0 radical (unpaired) electrons. The van der Waals surface area contributed by atoms with Crippen LogP contribution in [0.4, 0.5) is 0 Å². The average Bonchev–Trinajstić information content (AvgIpc) is 2.91. The summed E-state index contributed by atoms with van der Waals surface area (Å²) >= 11 is 4.65. The minimum absolute atomic E-state index is 0.150. The predicted molar refractivity (Wildman–Crippen MR) is 86.2 cm³/mol. The Morgan fingerprint density at radius 3 is 2.62 bits per heavy atom. The van der Waals surface area contributed by atoms with Crippen LogP contribution in [0.5, 0.6) is 5.75 Å². The number of carbonyl (C=O) groups excluding carboxylic acids is 1. The van der Waals surface area contributed by atoms with Crippen molar-refractivity contribution in [2.45, 2.75) is 19.6 Å². The summed E-state index contributed by atoms with van der Waals surface area (Å²) in [6.07, 6.45) is -1.17. The highest BCUT2D eigenvalue weighted by atomic mass is 79.9. The normalized spacial score (nSPS) is 12.1. The Morgan fingerprint density at radius 2 is 2.05 bits per heavy atom. The standard InChI is InChI=1S/C15H16BrNO3S/c1-2-17(9-10-5-3-4-6-11(10)18)15(20)14(19)12-7-8-13(16)21-12/h3-8,14,18-19H,2,9H2,1H3. The Morgan fingerprint density at radius 1 is 1.33 bits per heavy atom. The quantitative estimate of drug-likeness (QED) is 0.849. The number of aromatic hydroxyl groups is 1. The van der Waals surface area contributed by atoms with Crippen LogP contribution in [0.15, 0.2) is 40.2 Å². The lowest BCUT2D eigenvalue weighted by Crippen LogP contribution is -2.34. The van der Waals surface area contributed by atoms with E-state index in [4.69, 9.17) is 0 Å². The molecule has 1 amide bonds. The number of likely N-dealkylation sites (N-methyl/N-ethyl adjacent to an activating group) is 1. The zero-order chi connectivity index (χ0) is 15.4. The van der Waals surface area contributed by atoms with Crippen molar-refractivity contribution in [3.63, 3.8) is 0 Å². The largest absolute Gasteiger partial charge is 0.508 e. The van der Waals surface area contributed by atoms with Crippen molar-refractivity contribution in [3.05, 3.63) is 50.6 Å². The number of carbonyl (C=O) groups is 1. The topological polar surface area (TPSA) is 60.8 Å². The Bertz CT molecular complexity index is 629. The van der Waals surface area contributed by atoms with Crippen LogP contribution in [0.3, 0.4) is 0 Å². The Kier molecular flexibility index (Phi) is 5.39. The van der Waals surface area contributed by atoms with E-state index in [-0.39, 0.29) is 18.2 Å². The van der Waals surface area contributed by atoms with Crippen LogP contribution >= 0.6 is 27.3 Å². The first-order chi connectivity index (χ1) is 10.0. The predicted octanol–water partition coefficient (Wildman–Crippen LogP) is 3.30. The third-order valence-electron chi connectivity index (χ3n) is 3.14. The third kappa shape index (κ3) is 3.84. The van der Waals surface area contributed by atoms with Crippen molar-refractivity contribution in [1.29, 1.82) is 0 Å². The fraction of sp³-hybridized carbons (Fsp3) is 0.267. The van der Waals surface area contributed by atoms with Gasteiger partial charge < -0.3 is 15.1 Å². The maximum atomic E-state index is 12.4. The average molecular weight is 370 g/mol. The molecule has 2 N–H and O–H groups in total. The summed E-state index contributed by atoms with van der Waals surface area (Å²) in [5.41, 5.74) is 0.660. The smallest absolute Gasteiger partial charge is 0.257 e. The first-order valence-corrected chi connectivity index (χ1v) is 8.12. The number of nitrogens with zero attached hydrogens (tertiary/aromatic N) is 1. The van der Waals surface area contributed by atoms with Gasteiger partial charge in [0.25, 0.3) is 5.91 Å². The van der Waals surface area contributed by atoms with Crippen LogP contribution in [-0.4, -0.2) is 27.6 Å². The van der Waals surface area contributed by atoms with Crippen LogP contribution in [0, 0.1) is 0 Å². The number of para-hydroxylation sites is 1. The van der Waals surface area contributed by atoms with E-state index in [2.05, 4.69) is 15.9 Å². The number of aliphatic hydroxyl groups is 1. The summed E-state index contributed by atoms with van der Waals surface area (Å²) < 4.78 is 0.869. The van der Waals surface area contributed by atoms with Crippen molar-refractivity contribution in [1.82, 2.24) is 4.90 Å². The van der Waals surface area contributed by atoms with E-state index >= 15 is 0 Å². The van der Waals surface area contributed by atoms with Gasteiger partial charge in [0.2, 0.25) is 0 Å². The minimum atomic E-state index is -1.17. The molecule has 2 aromatic rings. The molecule has 6 heteroatoms. The van der Waals surface area contributed by atoms with Crippen molar-refractivity contribution in [2.75, 3.05) is 6.54 Å². The summed E-state index contributed by atoms with van der Waals surface area (Å²) in [6.45, 7) is 2.57. The van der Waals surface area contributed by atoms with Crippen LogP contribution in [0.2, 0.25) is 0 Å². The molecule has 112 valence electrons. The summed E-state index contributed by atoms with van der Waals surface area (Å²) in [4.78, 5) is 14.5. The lowest BCUT2D eigenvalue weighted by Gasteiger charge is -2.23. The monoisotopic (exact) mass is 369 g/mol. The summed E-state index contributed by atoms with van der Waals surface area (Å²) in [7, 11) is 0. The zero-order valence-electron chi connectivity index (χ0n) is 11.5. The van der Waals surface area contributed by atoms with Gasteiger partial charge in [-0.05, 0) is 41.1 Å². The Labute approximate surface area is 135 Å². The van der Waals surface area contributed by atoms with Gasteiger partial charge in [0.1, 0.15) is 5.75 Å². The maximum Gasteiger partial charge on any atom is 0.257 e. The van der Waals surface area contributed by atoms with Gasteiger partial charge in [-0.2, -0.15) is 0 Å². The number of thiophene rings is 1. The molecule has 0 aliphatic carbocycles. The second kappa shape index (κ2) is 7.06. The second-order valence-electron chi connectivity index (χ2n) is 4.53. The molecule has 1 aromatic carbocycles. The number of benzene rings is 1. The third-order valence-corrected chi connectivity index (χ3v) is 4.82. The number of phenols is 1. The van der Waals surface area contributed by atoms with E-state index in [1.165, 1.54) is 16.2 Å². The fourth-order valence-corrected chi connectivity index (χ4v) is 3.37. The Balaban J connectivity index is 2.13. The van der Waals surface area contributed by atoms with E-state index in [0.29, 0.717) is 17.0 Å². The van der Waals surface area contributed by atoms with E-state index in [0.717, 1.165) is 3.79 Å². The fourth-order valence-electron chi connectivity index (χ4n) is 1.97. The molecule has 1 aromatic heterocycles. The van der Waals surface area contributed by atoms with Crippen molar-refractivity contribution in [3.8, 4) is 5.75 Å². The number of aliphatic hydroxyl groups excluding tert-OH is 1. The SMILES string of the molecule is CCN(Cc1ccccc1O)C(=O)C(O)c1ccc(Br)s1. The molecule has 0 bridgehead atoms. The molecule has 0 spiro atoms. The molecule has 0 aliphatic rings. The number of hydrogen-bond acceptors (Lipinski definition) is 4. The molecule has 0 saturated heterocycles. The number of halogens is 1. The molecule has 0 fully saturated rings. The van der Waals surface area contributed by atoms with Crippen LogP contribution in [0.25, 0.3) is 0 Å². The first kappa shape index (κ1) is 16.0. The highest BCUT2D eigenvalue weighted by molar-refractivity contribution is 9.11. The molecule has 1 atom stereocenters. The van der Waals surface area contributed by atoms with Crippen LogP contribution in [-0.2, 0) is 11.3 Å². The van der Waals surface area contributed by atoms with Crippen LogP contribution < -0.4 is 0 Å². The number of phenolic OH excluding ortho intramolecular Hbond substituents is 1. The van der Waals surface area contributed by atoms with Gasteiger partial charge in [-0.1, -0.05) is 18.2 Å². The lowest BCUT2D eigenvalue weighted by atomic mass is 10.1. The first-order valence-electron chi connectivity index (χ1n) is 6.52. The number of hydrogen-bond donors (Lipinski definition) is 2. The van der Waals surface area contributed by atoms with Crippen molar-refractivity contribution < 1.29 is 15.0 Å². The van der Waals surface area contributed by atoms with E-state index in [1.54, 1.807) is 36.4 Å². The molecular formula is C15H16BrNO3S. The second-order valence-corrected chi connectivity index (χ2v) is 7.02. The van der Waals surface area contributed by atoms with Gasteiger partial charge in [0.15, 0.2) is 6.10 Å². The molecule has 21 heavy (non-hydrogen) atoms. The van der Waals surface area contributed by atoms with Crippen molar-refractivity contribution >= 4 is 33.2 Å². The summed E-state index contributed by atoms with van der Waals surface area (Å²) in [5.74, 6) is -0.216. The lowest BCUT2D eigenvalue weighted by molar-refractivity contribution is -0.140. The Hall–Kier alpha value is -1.37. The van der Waals surface area contributed by atoms with Crippen molar-refractivity contribution in [2.24, 2.45) is 0 Å². The summed E-state index contributed by atoms with van der Waals surface area (Å²) in [6, 6.07) is 10.4. The van der Waals surface area contributed by atoms with E-state index < -0.39 is 6.10 Å². The number of rotatable bonds is 5. The van der Waals surface area contributed by atoms with Gasteiger partial charge in [-0.15, -0.1) is 11.3 Å².